The lowest BCUT2D eigenvalue weighted by molar-refractivity contribution is -0.150. The van der Waals surface area contributed by atoms with E-state index in [9.17, 15) is 23.6 Å². The van der Waals surface area contributed by atoms with Crippen LogP contribution in [-0.4, -0.2) is 34.9 Å². The Morgan fingerprint density at radius 1 is 1.42 bits per heavy atom. The van der Waals surface area contributed by atoms with Gasteiger partial charge in [0.25, 0.3) is 11.8 Å². The van der Waals surface area contributed by atoms with E-state index in [0.29, 0.717) is 5.01 Å². The van der Waals surface area contributed by atoms with Crippen LogP contribution in [0.3, 0.4) is 0 Å². The number of rotatable bonds is 1. The first-order chi connectivity index (χ1) is 11.2. The van der Waals surface area contributed by atoms with Crippen LogP contribution in [0.4, 0.5) is 9.18 Å². The zero-order chi connectivity index (χ0) is 17.6. The highest BCUT2D eigenvalue weighted by molar-refractivity contribution is 6.08. The van der Waals surface area contributed by atoms with Gasteiger partial charge >= 0.3 is 6.03 Å². The standard InChI is InChI=1S/C14H13FN4O5/c1-6(20)19(16)11(21)10-5-14(12(22)17-13(23)18-14)8-4-7(15)2-3-9(8)24-10/h2-4,10H,5,16H2,1H3,(H2,17,18,22,23). The number of ether oxygens (including phenoxy) is 1. The average molecular weight is 336 g/mol. The van der Waals surface area contributed by atoms with Crippen LogP contribution in [0.1, 0.15) is 18.9 Å². The quantitative estimate of drug-likeness (QED) is 0.268. The van der Waals surface area contributed by atoms with Crippen molar-refractivity contribution >= 4 is 23.8 Å². The van der Waals surface area contributed by atoms with E-state index in [-0.39, 0.29) is 17.7 Å². The summed E-state index contributed by atoms with van der Waals surface area (Å²) in [5.41, 5.74) is -1.59. The van der Waals surface area contributed by atoms with Gasteiger partial charge in [-0.25, -0.2) is 20.0 Å². The molecular weight excluding hydrogens is 323 g/mol. The van der Waals surface area contributed by atoms with Crippen molar-refractivity contribution in [2.24, 2.45) is 5.84 Å². The van der Waals surface area contributed by atoms with Gasteiger partial charge in [-0.2, -0.15) is 0 Å². The number of urea groups is 1. The molecule has 24 heavy (non-hydrogen) atoms. The van der Waals surface area contributed by atoms with Crippen LogP contribution in [0.2, 0.25) is 0 Å². The number of benzene rings is 1. The van der Waals surface area contributed by atoms with Crippen molar-refractivity contribution in [2.75, 3.05) is 0 Å². The maximum Gasteiger partial charge on any atom is 0.322 e. The molecule has 1 aromatic rings. The van der Waals surface area contributed by atoms with Gasteiger partial charge in [0.1, 0.15) is 11.6 Å². The van der Waals surface area contributed by atoms with E-state index < -0.39 is 41.2 Å². The van der Waals surface area contributed by atoms with Crippen molar-refractivity contribution in [3.8, 4) is 5.75 Å². The molecule has 2 aliphatic rings. The summed E-state index contributed by atoms with van der Waals surface area (Å²) in [6.07, 6.45) is -1.64. The fraction of sp³-hybridized carbons (Fsp3) is 0.286. The van der Waals surface area contributed by atoms with Crippen LogP contribution in [0.5, 0.6) is 5.75 Å². The number of carbonyl (C=O) groups is 4. The van der Waals surface area contributed by atoms with Gasteiger partial charge < -0.3 is 10.1 Å². The third-order valence-electron chi connectivity index (χ3n) is 3.96. The first kappa shape index (κ1) is 15.9. The summed E-state index contributed by atoms with van der Waals surface area (Å²) in [6.45, 7) is 1.09. The summed E-state index contributed by atoms with van der Waals surface area (Å²) in [7, 11) is 0. The summed E-state index contributed by atoms with van der Waals surface area (Å²) in [5, 5.41) is 4.83. The minimum Gasteiger partial charge on any atom is -0.480 e. The van der Waals surface area contributed by atoms with Crippen molar-refractivity contribution in [2.45, 2.75) is 25.0 Å². The van der Waals surface area contributed by atoms with Crippen LogP contribution in [0.25, 0.3) is 0 Å². The molecule has 126 valence electrons. The topological polar surface area (TPSA) is 131 Å². The molecule has 1 aromatic carbocycles. The molecular formula is C14H13FN4O5. The summed E-state index contributed by atoms with van der Waals surface area (Å²) in [5.74, 6) is 2.44. The first-order valence-electron chi connectivity index (χ1n) is 6.94. The van der Waals surface area contributed by atoms with Crippen molar-refractivity contribution in [1.82, 2.24) is 15.6 Å². The molecule has 3 rings (SSSR count). The Kier molecular flexibility index (Phi) is 3.48. The zero-order valence-corrected chi connectivity index (χ0v) is 12.5. The maximum atomic E-state index is 13.6. The number of imide groups is 2. The highest BCUT2D eigenvalue weighted by atomic mass is 19.1. The third-order valence-corrected chi connectivity index (χ3v) is 3.96. The van der Waals surface area contributed by atoms with E-state index >= 15 is 0 Å². The molecule has 1 saturated heterocycles. The Hall–Kier alpha value is -3.01. The van der Waals surface area contributed by atoms with Crippen molar-refractivity contribution in [1.29, 1.82) is 0 Å². The second-order valence-electron chi connectivity index (χ2n) is 5.49. The molecule has 10 heteroatoms. The number of nitrogens with one attached hydrogen (secondary N) is 2. The molecule has 2 unspecified atom stereocenters. The zero-order valence-electron chi connectivity index (χ0n) is 12.5. The van der Waals surface area contributed by atoms with E-state index in [1.54, 1.807) is 0 Å². The fourth-order valence-electron chi connectivity index (χ4n) is 2.79. The number of hydrazine groups is 1. The number of hydrogen-bond acceptors (Lipinski definition) is 6. The molecule has 2 heterocycles. The van der Waals surface area contributed by atoms with Gasteiger partial charge in [0, 0.05) is 18.9 Å². The van der Waals surface area contributed by atoms with Crippen molar-refractivity contribution in [3.63, 3.8) is 0 Å². The number of carbonyl (C=O) groups excluding carboxylic acids is 4. The van der Waals surface area contributed by atoms with Crippen LogP contribution < -0.4 is 21.2 Å². The number of amides is 5. The number of hydrogen-bond donors (Lipinski definition) is 3. The molecule has 0 bridgehead atoms. The van der Waals surface area contributed by atoms with Crippen LogP contribution in [-0.2, 0) is 19.9 Å². The Morgan fingerprint density at radius 3 is 2.71 bits per heavy atom. The van der Waals surface area contributed by atoms with Gasteiger partial charge in [-0.15, -0.1) is 0 Å². The molecule has 2 atom stereocenters. The molecule has 1 spiro atoms. The lowest BCUT2D eigenvalue weighted by atomic mass is 9.81. The van der Waals surface area contributed by atoms with Gasteiger partial charge in [0.05, 0.1) is 0 Å². The Balaban J connectivity index is 2.07. The van der Waals surface area contributed by atoms with Gasteiger partial charge in [0.2, 0.25) is 5.91 Å². The summed E-state index contributed by atoms with van der Waals surface area (Å²) in [6, 6.07) is 2.59. The number of nitrogens with zero attached hydrogens (tertiary/aromatic N) is 1. The van der Waals surface area contributed by atoms with Crippen LogP contribution in [0.15, 0.2) is 18.2 Å². The van der Waals surface area contributed by atoms with Gasteiger partial charge in [-0.05, 0) is 18.2 Å². The van der Waals surface area contributed by atoms with Crippen molar-refractivity contribution < 1.29 is 28.3 Å². The van der Waals surface area contributed by atoms with Crippen LogP contribution >= 0.6 is 0 Å². The highest BCUT2D eigenvalue weighted by Crippen LogP contribution is 2.41. The molecule has 5 amide bonds. The minimum atomic E-state index is -1.68. The smallest absolute Gasteiger partial charge is 0.322 e. The molecule has 0 aliphatic carbocycles. The number of halogens is 1. The van der Waals surface area contributed by atoms with Gasteiger partial charge in [-0.1, -0.05) is 0 Å². The van der Waals surface area contributed by atoms with Gasteiger partial charge in [-0.3, -0.25) is 19.7 Å². The minimum absolute atomic E-state index is 0.0373. The molecule has 4 N–H and O–H groups in total. The monoisotopic (exact) mass is 336 g/mol. The second-order valence-corrected chi connectivity index (χ2v) is 5.49. The SMILES string of the molecule is CC(=O)N(N)C(=O)C1CC2(NC(=O)NC2=O)c2cc(F)ccc2O1. The summed E-state index contributed by atoms with van der Waals surface area (Å²) >= 11 is 0. The number of fused-ring (bicyclic) bond motifs is 2. The normalized spacial score (nSPS) is 24.7. The molecule has 9 nitrogen and oxygen atoms in total. The van der Waals surface area contributed by atoms with Gasteiger partial charge in [0.15, 0.2) is 11.6 Å². The predicted molar refractivity (Wildman–Crippen MR) is 75.5 cm³/mol. The van der Waals surface area contributed by atoms with E-state index in [2.05, 4.69) is 10.6 Å². The summed E-state index contributed by atoms with van der Waals surface area (Å²) in [4.78, 5) is 47.5. The Labute approximate surface area is 134 Å². The van der Waals surface area contributed by atoms with E-state index in [4.69, 9.17) is 10.6 Å². The molecule has 0 radical (unpaired) electrons. The Bertz CT molecular complexity index is 782. The third kappa shape index (κ3) is 2.27. The van der Waals surface area contributed by atoms with E-state index in [1.807, 2.05) is 0 Å². The molecule has 0 saturated carbocycles. The summed E-state index contributed by atoms with van der Waals surface area (Å²) < 4.78 is 19.1. The lowest BCUT2D eigenvalue weighted by Gasteiger charge is -2.37. The highest BCUT2D eigenvalue weighted by Gasteiger charge is 2.55. The lowest BCUT2D eigenvalue weighted by Crippen LogP contribution is -2.56. The molecule has 0 aromatic heterocycles. The number of nitrogens with two attached hydrogens (primary N) is 1. The van der Waals surface area contributed by atoms with Crippen LogP contribution in [0, 0.1) is 5.82 Å². The average Bonchev–Trinajstić information content (AvgIpc) is 2.80. The second kappa shape index (κ2) is 5.27. The predicted octanol–water partition coefficient (Wildman–Crippen LogP) is -0.740. The largest absolute Gasteiger partial charge is 0.480 e. The van der Waals surface area contributed by atoms with Crippen molar-refractivity contribution in [3.05, 3.63) is 29.6 Å². The van der Waals surface area contributed by atoms with E-state index in [1.165, 1.54) is 6.07 Å². The molecule has 2 aliphatic heterocycles. The first-order valence-corrected chi connectivity index (χ1v) is 6.94. The maximum absolute atomic E-state index is 13.6. The van der Waals surface area contributed by atoms with E-state index in [0.717, 1.165) is 19.1 Å². The Morgan fingerprint density at radius 2 is 2.12 bits per heavy atom. The fourth-order valence-corrected chi connectivity index (χ4v) is 2.79. The molecule has 1 fully saturated rings.